The number of hydrogen-bond acceptors (Lipinski definition) is 7. The van der Waals surface area contributed by atoms with Crippen LogP contribution in [0.1, 0.15) is 58.4 Å². The van der Waals surface area contributed by atoms with Gasteiger partial charge in [0.15, 0.2) is 5.01 Å². The number of carbonyl (C=O) groups is 2. The number of rotatable bonds is 5. The maximum atomic E-state index is 12.8. The Bertz CT molecular complexity index is 1250. The quantitative estimate of drug-likeness (QED) is 0.519. The molecule has 0 aliphatic carbocycles. The van der Waals surface area contributed by atoms with Crippen LogP contribution < -0.4 is 10.1 Å². The molecule has 0 fully saturated rings. The average Bonchev–Trinajstić information content (AvgIpc) is 3.25. The summed E-state index contributed by atoms with van der Waals surface area (Å²) in [5, 5.41) is 12.1. The molecule has 0 saturated heterocycles. The molecule has 9 heteroatoms. The number of hydrogen-bond donors (Lipinski definition) is 1. The summed E-state index contributed by atoms with van der Waals surface area (Å²) < 4.78 is 11.3. The number of anilines is 1. The SMILES string of the molecule is Cc1ccc(OCc2nnc(NC(=O)c3ccc4c(c3)CCN(C(=O)OC(C)(C)C)C4)s2)cc1C. The number of amides is 2. The van der Waals surface area contributed by atoms with Crippen LogP contribution in [0.4, 0.5) is 9.93 Å². The van der Waals surface area contributed by atoms with Gasteiger partial charge in [0.25, 0.3) is 5.91 Å². The zero-order valence-electron chi connectivity index (χ0n) is 20.7. The molecule has 1 aliphatic heterocycles. The van der Waals surface area contributed by atoms with Crippen molar-refractivity contribution in [1.29, 1.82) is 0 Å². The molecule has 8 nitrogen and oxygen atoms in total. The Kier molecular flexibility index (Phi) is 7.07. The van der Waals surface area contributed by atoms with Crippen LogP contribution in [0, 0.1) is 13.8 Å². The highest BCUT2D eigenvalue weighted by molar-refractivity contribution is 7.15. The summed E-state index contributed by atoms with van der Waals surface area (Å²) in [6.45, 7) is 11.0. The average molecular weight is 495 g/mol. The van der Waals surface area contributed by atoms with Crippen LogP contribution >= 0.6 is 11.3 Å². The number of ether oxygens (including phenoxy) is 2. The van der Waals surface area contributed by atoms with Crippen molar-refractivity contribution < 1.29 is 19.1 Å². The number of aryl methyl sites for hydroxylation is 2. The van der Waals surface area contributed by atoms with Crippen LogP contribution in [-0.2, 0) is 24.3 Å². The van der Waals surface area contributed by atoms with Gasteiger partial charge in [-0.15, -0.1) is 10.2 Å². The molecule has 184 valence electrons. The molecule has 35 heavy (non-hydrogen) atoms. The molecular formula is C26H30N4O4S. The first kappa shape index (κ1) is 24.7. The Hall–Kier alpha value is -3.46. The first-order valence-electron chi connectivity index (χ1n) is 11.5. The van der Waals surface area contributed by atoms with Gasteiger partial charge in [0, 0.05) is 18.7 Å². The van der Waals surface area contributed by atoms with Crippen LogP contribution in [0.2, 0.25) is 0 Å². The number of aromatic nitrogens is 2. The molecule has 4 rings (SSSR count). The van der Waals surface area contributed by atoms with E-state index in [1.165, 1.54) is 16.9 Å². The van der Waals surface area contributed by atoms with Gasteiger partial charge < -0.3 is 14.4 Å². The minimum atomic E-state index is -0.532. The Morgan fingerprint density at radius 3 is 2.60 bits per heavy atom. The second kappa shape index (κ2) is 10.0. The van der Waals surface area contributed by atoms with Crippen molar-refractivity contribution in [3.63, 3.8) is 0 Å². The highest BCUT2D eigenvalue weighted by Gasteiger charge is 2.26. The molecule has 1 aromatic heterocycles. The van der Waals surface area contributed by atoms with Gasteiger partial charge in [-0.3, -0.25) is 10.1 Å². The lowest BCUT2D eigenvalue weighted by Crippen LogP contribution is -2.39. The Morgan fingerprint density at radius 2 is 1.86 bits per heavy atom. The van der Waals surface area contributed by atoms with E-state index in [1.54, 1.807) is 11.0 Å². The maximum absolute atomic E-state index is 12.8. The first-order valence-corrected chi connectivity index (χ1v) is 12.3. The monoisotopic (exact) mass is 494 g/mol. The summed E-state index contributed by atoms with van der Waals surface area (Å²) in [5.41, 5.74) is 4.45. The summed E-state index contributed by atoms with van der Waals surface area (Å²) >= 11 is 1.28. The molecule has 0 radical (unpaired) electrons. The molecule has 0 unspecified atom stereocenters. The zero-order chi connectivity index (χ0) is 25.2. The van der Waals surface area contributed by atoms with Gasteiger partial charge in [-0.05, 0) is 87.6 Å². The molecular weight excluding hydrogens is 464 g/mol. The van der Waals surface area contributed by atoms with Gasteiger partial charge in [0.1, 0.15) is 18.0 Å². The van der Waals surface area contributed by atoms with E-state index in [-0.39, 0.29) is 18.6 Å². The zero-order valence-corrected chi connectivity index (χ0v) is 21.5. The molecule has 2 amide bonds. The van der Waals surface area contributed by atoms with Gasteiger partial charge in [-0.2, -0.15) is 0 Å². The number of benzene rings is 2. The summed E-state index contributed by atoms with van der Waals surface area (Å²) in [6.07, 6.45) is 0.340. The highest BCUT2D eigenvalue weighted by Crippen LogP contribution is 2.24. The molecule has 0 spiro atoms. The predicted molar refractivity (Wildman–Crippen MR) is 135 cm³/mol. The van der Waals surface area contributed by atoms with Crippen molar-refractivity contribution in [3.05, 3.63) is 69.2 Å². The van der Waals surface area contributed by atoms with Crippen molar-refractivity contribution >= 4 is 28.5 Å². The molecule has 0 saturated carbocycles. The second-order valence-corrected chi connectivity index (χ2v) is 10.7. The van der Waals surface area contributed by atoms with Crippen LogP contribution in [0.25, 0.3) is 0 Å². The van der Waals surface area contributed by atoms with E-state index in [1.807, 2.05) is 58.0 Å². The predicted octanol–water partition coefficient (Wildman–Crippen LogP) is 5.28. The summed E-state index contributed by atoms with van der Waals surface area (Å²) in [6, 6.07) is 11.5. The summed E-state index contributed by atoms with van der Waals surface area (Å²) in [4.78, 5) is 26.9. The van der Waals surface area contributed by atoms with Crippen molar-refractivity contribution in [1.82, 2.24) is 15.1 Å². The van der Waals surface area contributed by atoms with Crippen molar-refractivity contribution in [3.8, 4) is 5.75 Å². The smallest absolute Gasteiger partial charge is 0.410 e. The molecule has 1 N–H and O–H groups in total. The standard InChI is InChI=1S/C26H30N4O4S/c1-16-6-9-21(12-17(16)2)33-15-22-28-29-24(35-22)27-23(31)19-7-8-20-14-30(11-10-18(20)13-19)25(32)34-26(3,4)5/h6-9,12-13H,10-11,14-15H2,1-5H3,(H,27,29,31). The molecule has 0 atom stereocenters. The Labute approximate surface area is 209 Å². The van der Waals surface area contributed by atoms with Gasteiger partial charge in [0.05, 0.1) is 0 Å². The normalized spacial score (nSPS) is 13.2. The van der Waals surface area contributed by atoms with Crippen LogP contribution in [0.5, 0.6) is 5.75 Å². The number of carbonyl (C=O) groups excluding carboxylic acids is 2. The third-order valence-electron chi connectivity index (χ3n) is 5.66. The lowest BCUT2D eigenvalue weighted by molar-refractivity contribution is 0.0224. The van der Waals surface area contributed by atoms with Gasteiger partial charge >= 0.3 is 6.09 Å². The van der Waals surface area contributed by atoms with Gasteiger partial charge in [-0.1, -0.05) is 23.5 Å². The number of nitrogens with one attached hydrogen (secondary N) is 1. The highest BCUT2D eigenvalue weighted by atomic mass is 32.1. The summed E-state index contributed by atoms with van der Waals surface area (Å²) in [7, 11) is 0. The van der Waals surface area contributed by atoms with E-state index in [0.717, 1.165) is 22.4 Å². The van der Waals surface area contributed by atoms with Crippen molar-refractivity contribution in [2.24, 2.45) is 0 Å². The molecule has 2 aromatic carbocycles. The van der Waals surface area contributed by atoms with E-state index in [9.17, 15) is 9.59 Å². The molecule has 3 aromatic rings. The van der Waals surface area contributed by atoms with Gasteiger partial charge in [-0.25, -0.2) is 4.79 Å². The maximum Gasteiger partial charge on any atom is 0.410 e. The Morgan fingerprint density at radius 1 is 1.06 bits per heavy atom. The van der Waals surface area contributed by atoms with Crippen molar-refractivity contribution in [2.45, 2.75) is 59.8 Å². The summed E-state index contributed by atoms with van der Waals surface area (Å²) in [5.74, 6) is 0.522. The number of nitrogens with zero attached hydrogens (tertiary/aromatic N) is 3. The fourth-order valence-corrected chi connectivity index (χ4v) is 4.31. The van der Waals surface area contributed by atoms with E-state index < -0.39 is 5.60 Å². The molecule has 1 aliphatic rings. The number of fused-ring (bicyclic) bond motifs is 1. The molecule has 2 heterocycles. The van der Waals surface area contributed by atoms with E-state index >= 15 is 0 Å². The fraction of sp³-hybridized carbons (Fsp3) is 0.385. The minimum Gasteiger partial charge on any atom is -0.486 e. The lowest BCUT2D eigenvalue weighted by Gasteiger charge is -2.31. The molecule has 0 bridgehead atoms. The first-order chi connectivity index (χ1) is 16.6. The lowest BCUT2D eigenvalue weighted by atomic mass is 9.97. The third-order valence-corrected chi connectivity index (χ3v) is 6.47. The minimum absolute atomic E-state index is 0.250. The fourth-order valence-electron chi connectivity index (χ4n) is 3.66. The van der Waals surface area contributed by atoms with Crippen LogP contribution in [-0.4, -0.2) is 39.2 Å². The van der Waals surface area contributed by atoms with E-state index in [0.29, 0.717) is 35.2 Å². The van der Waals surface area contributed by atoms with E-state index in [2.05, 4.69) is 22.4 Å². The van der Waals surface area contributed by atoms with Crippen LogP contribution in [0.3, 0.4) is 0 Å². The third kappa shape index (κ3) is 6.36. The Balaban J connectivity index is 1.34. The largest absolute Gasteiger partial charge is 0.486 e. The topological polar surface area (TPSA) is 93.7 Å². The van der Waals surface area contributed by atoms with Crippen molar-refractivity contribution in [2.75, 3.05) is 11.9 Å². The second-order valence-electron chi connectivity index (χ2n) is 9.63. The van der Waals surface area contributed by atoms with Crippen LogP contribution in [0.15, 0.2) is 36.4 Å². The van der Waals surface area contributed by atoms with Gasteiger partial charge in [0.2, 0.25) is 5.13 Å². The van der Waals surface area contributed by atoms with E-state index in [4.69, 9.17) is 9.47 Å².